The summed E-state index contributed by atoms with van der Waals surface area (Å²) in [5.41, 5.74) is 1.25. The Labute approximate surface area is 159 Å². The van der Waals surface area contributed by atoms with Crippen molar-refractivity contribution in [2.45, 2.75) is 45.6 Å². The number of aryl methyl sites for hydroxylation is 2. The average molecular weight is 370 g/mol. The summed E-state index contributed by atoms with van der Waals surface area (Å²) >= 11 is 0. The summed E-state index contributed by atoms with van der Waals surface area (Å²) in [6, 6.07) is 9.92. The van der Waals surface area contributed by atoms with Crippen LogP contribution in [-0.2, 0) is 16.0 Å². The fourth-order valence-electron chi connectivity index (χ4n) is 3.51. The van der Waals surface area contributed by atoms with E-state index in [2.05, 4.69) is 22.3 Å². The lowest BCUT2D eigenvalue weighted by Crippen LogP contribution is -2.37. The van der Waals surface area contributed by atoms with Gasteiger partial charge < -0.3 is 14.3 Å². The van der Waals surface area contributed by atoms with E-state index in [-0.39, 0.29) is 17.9 Å². The van der Waals surface area contributed by atoms with E-state index < -0.39 is 0 Å². The Morgan fingerprint density at radius 3 is 2.63 bits per heavy atom. The quantitative estimate of drug-likeness (QED) is 0.808. The molecule has 3 rings (SSSR count). The maximum absolute atomic E-state index is 12.6. The van der Waals surface area contributed by atoms with Gasteiger partial charge in [0.15, 0.2) is 5.82 Å². The van der Waals surface area contributed by atoms with Crippen molar-refractivity contribution in [2.75, 3.05) is 19.6 Å². The van der Waals surface area contributed by atoms with Gasteiger partial charge in [0.2, 0.25) is 17.7 Å². The number of hydrogen-bond donors (Lipinski definition) is 0. The zero-order valence-electron chi connectivity index (χ0n) is 15.9. The Balaban J connectivity index is 1.58. The number of carbonyl (C=O) groups is 2. The van der Waals surface area contributed by atoms with E-state index in [1.54, 1.807) is 11.8 Å². The van der Waals surface area contributed by atoms with Crippen molar-refractivity contribution < 1.29 is 14.1 Å². The average Bonchev–Trinajstić information content (AvgIpc) is 2.96. The number of aromatic nitrogens is 2. The second-order valence-corrected chi connectivity index (χ2v) is 6.92. The van der Waals surface area contributed by atoms with Crippen molar-refractivity contribution in [3.63, 3.8) is 0 Å². The molecule has 1 aliphatic heterocycles. The molecule has 1 unspecified atom stereocenters. The highest BCUT2D eigenvalue weighted by Gasteiger charge is 2.32. The van der Waals surface area contributed by atoms with E-state index in [1.165, 1.54) is 12.5 Å². The Hall–Kier alpha value is -2.70. The van der Waals surface area contributed by atoms with Crippen LogP contribution < -0.4 is 0 Å². The summed E-state index contributed by atoms with van der Waals surface area (Å²) in [6.07, 6.45) is 2.83. The van der Waals surface area contributed by atoms with Crippen LogP contribution in [0.3, 0.4) is 0 Å². The second kappa shape index (κ2) is 8.79. The van der Waals surface area contributed by atoms with E-state index >= 15 is 0 Å². The molecule has 1 aromatic carbocycles. The van der Waals surface area contributed by atoms with Crippen LogP contribution in [0.1, 0.15) is 49.5 Å². The van der Waals surface area contributed by atoms with Gasteiger partial charge in [0, 0.05) is 33.0 Å². The van der Waals surface area contributed by atoms with E-state index in [4.69, 9.17) is 4.52 Å². The van der Waals surface area contributed by atoms with Gasteiger partial charge in [-0.2, -0.15) is 4.98 Å². The fourth-order valence-corrected chi connectivity index (χ4v) is 3.51. The highest BCUT2D eigenvalue weighted by atomic mass is 16.5. The first-order chi connectivity index (χ1) is 13.0. The Morgan fingerprint density at radius 1 is 1.19 bits per heavy atom. The minimum Gasteiger partial charge on any atom is -0.341 e. The molecule has 0 bridgehead atoms. The number of benzene rings is 1. The van der Waals surface area contributed by atoms with Crippen LogP contribution in [0.4, 0.5) is 0 Å². The third-order valence-electron chi connectivity index (χ3n) is 4.94. The topological polar surface area (TPSA) is 79.5 Å². The number of rotatable bonds is 5. The highest BCUT2D eigenvalue weighted by molar-refractivity contribution is 5.77. The van der Waals surface area contributed by atoms with Gasteiger partial charge in [0.05, 0.1) is 0 Å². The summed E-state index contributed by atoms with van der Waals surface area (Å²) in [7, 11) is 0. The Bertz CT molecular complexity index is 775. The molecular weight excluding hydrogens is 344 g/mol. The molecule has 27 heavy (non-hydrogen) atoms. The fraction of sp³-hybridized carbons (Fsp3) is 0.500. The van der Waals surface area contributed by atoms with Gasteiger partial charge in [-0.05, 0) is 31.7 Å². The zero-order valence-corrected chi connectivity index (χ0v) is 15.9. The van der Waals surface area contributed by atoms with E-state index in [0.717, 1.165) is 12.8 Å². The van der Waals surface area contributed by atoms with Crippen molar-refractivity contribution in [3.8, 4) is 0 Å². The van der Waals surface area contributed by atoms with E-state index in [9.17, 15) is 9.59 Å². The summed E-state index contributed by atoms with van der Waals surface area (Å²) in [5, 5.41) is 3.84. The lowest BCUT2D eigenvalue weighted by molar-refractivity contribution is -0.133. The molecule has 0 N–H and O–H groups in total. The van der Waals surface area contributed by atoms with Gasteiger partial charge >= 0.3 is 0 Å². The maximum atomic E-state index is 12.6. The molecule has 1 fully saturated rings. The molecule has 1 aliphatic rings. The summed E-state index contributed by atoms with van der Waals surface area (Å²) < 4.78 is 5.29. The first-order valence-electron chi connectivity index (χ1n) is 9.43. The number of nitrogens with zero attached hydrogens (tertiary/aromatic N) is 4. The van der Waals surface area contributed by atoms with Crippen LogP contribution in [0.25, 0.3) is 0 Å². The predicted molar refractivity (Wildman–Crippen MR) is 99.7 cm³/mol. The van der Waals surface area contributed by atoms with E-state index in [1.807, 2.05) is 23.1 Å². The monoisotopic (exact) mass is 370 g/mol. The van der Waals surface area contributed by atoms with Gasteiger partial charge in [-0.3, -0.25) is 9.59 Å². The van der Waals surface area contributed by atoms with E-state index in [0.29, 0.717) is 44.2 Å². The number of carbonyl (C=O) groups excluding carboxylic acids is 2. The molecule has 2 heterocycles. The van der Waals surface area contributed by atoms with Crippen LogP contribution in [0.2, 0.25) is 0 Å². The lowest BCUT2D eigenvalue weighted by atomic mass is 10.1. The minimum atomic E-state index is -0.272. The van der Waals surface area contributed by atoms with Gasteiger partial charge in [-0.15, -0.1) is 0 Å². The van der Waals surface area contributed by atoms with Crippen LogP contribution in [0.15, 0.2) is 34.9 Å². The van der Waals surface area contributed by atoms with Gasteiger partial charge in [0.1, 0.15) is 6.04 Å². The van der Waals surface area contributed by atoms with Gasteiger partial charge in [0.25, 0.3) is 0 Å². The van der Waals surface area contributed by atoms with Gasteiger partial charge in [-0.25, -0.2) is 0 Å². The zero-order chi connectivity index (χ0) is 19.2. The summed E-state index contributed by atoms with van der Waals surface area (Å²) in [4.78, 5) is 32.6. The highest BCUT2D eigenvalue weighted by Crippen LogP contribution is 2.26. The molecular formula is C20H26N4O3. The minimum absolute atomic E-state index is 0.0470. The summed E-state index contributed by atoms with van der Waals surface area (Å²) in [6.45, 7) is 4.89. The van der Waals surface area contributed by atoms with Crippen molar-refractivity contribution in [1.29, 1.82) is 0 Å². The maximum Gasteiger partial charge on any atom is 0.249 e. The molecule has 1 aromatic heterocycles. The van der Waals surface area contributed by atoms with Gasteiger partial charge in [-0.1, -0.05) is 35.5 Å². The normalized spacial score (nSPS) is 17.6. The van der Waals surface area contributed by atoms with Crippen molar-refractivity contribution in [1.82, 2.24) is 19.9 Å². The predicted octanol–water partition coefficient (Wildman–Crippen LogP) is 2.52. The molecule has 7 heteroatoms. The third kappa shape index (κ3) is 4.93. The van der Waals surface area contributed by atoms with Crippen LogP contribution in [0, 0.1) is 6.92 Å². The SMILES string of the molecule is CC(=O)N1CCN(C(=O)CCCc2ccccc2)CCC1c1nc(C)no1. The molecule has 0 radical (unpaired) electrons. The number of amides is 2. The molecule has 2 amide bonds. The van der Waals surface area contributed by atoms with Crippen molar-refractivity contribution in [3.05, 3.63) is 47.6 Å². The first kappa shape index (κ1) is 19.1. The lowest BCUT2D eigenvalue weighted by Gasteiger charge is -2.25. The van der Waals surface area contributed by atoms with Crippen LogP contribution in [0.5, 0.6) is 0 Å². The Kier molecular flexibility index (Phi) is 6.21. The molecule has 1 saturated heterocycles. The smallest absolute Gasteiger partial charge is 0.249 e. The molecule has 144 valence electrons. The first-order valence-corrected chi connectivity index (χ1v) is 9.43. The van der Waals surface area contributed by atoms with Crippen LogP contribution in [-0.4, -0.2) is 51.4 Å². The summed E-state index contributed by atoms with van der Waals surface area (Å²) in [5.74, 6) is 1.08. The molecule has 0 aliphatic carbocycles. The molecule has 7 nitrogen and oxygen atoms in total. The molecule has 1 atom stereocenters. The van der Waals surface area contributed by atoms with Crippen molar-refractivity contribution >= 4 is 11.8 Å². The largest absolute Gasteiger partial charge is 0.341 e. The molecule has 0 saturated carbocycles. The third-order valence-corrected chi connectivity index (χ3v) is 4.94. The van der Waals surface area contributed by atoms with Crippen LogP contribution >= 0.6 is 0 Å². The Morgan fingerprint density at radius 2 is 1.96 bits per heavy atom. The standard InChI is InChI=1S/C20H26N4O3/c1-15-21-20(27-22-15)18-11-12-23(13-14-24(18)16(2)25)19(26)10-6-9-17-7-4-3-5-8-17/h3-5,7-8,18H,6,9-14H2,1-2H3. The van der Waals surface area contributed by atoms with Crippen molar-refractivity contribution in [2.24, 2.45) is 0 Å². The number of hydrogen-bond acceptors (Lipinski definition) is 5. The molecule has 0 spiro atoms. The second-order valence-electron chi connectivity index (χ2n) is 6.92. The molecule has 2 aromatic rings.